The van der Waals surface area contributed by atoms with Crippen LogP contribution in [0, 0.1) is 0 Å². The van der Waals surface area contributed by atoms with Crippen LogP contribution in [0.1, 0.15) is 15.9 Å². The molecular formula is C13H10Na4O. The third-order valence-electron chi connectivity index (χ3n) is 2.07. The van der Waals surface area contributed by atoms with E-state index in [0.29, 0.717) is 0 Å². The molecule has 0 aromatic heterocycles. The second-order valence-electron chi connectivity index (χ2n) is 3.06. The molecule has 0 amide bonds. The Kier molecular flexibility index (Phi) is 19.6. The number of ketones is 1. The smallest absolute Gasteiger partial charge is 0.193 e. The summed E-state index contributed by atoms with van der Waals surface area (Å²) >= 11 is 0. The van der Waals surface area contributed by atoms with Crippen molar-refractivity contribution in [3.63, 3.8) is 0 Å². The van der Waals surface area contributed by atoms with Crippen molar-refractivity contribution in [1.82, 2.24) is 0 Å². The number of hydrogen-bond donors (Lipinski definition) is 0. The summed E-state index contributed by atoms with van der Waals surface area (Å²) in [4.78, 5) is 11.8. The van der Waals surface area contributed by atoms with Crippen molar-refractivity contribution in [3.8, 4) is 0 Å². The Labute approximate surface area is 197 Å². The van der Waals surface area contributed by atoms with E-state index in [-0.39, 0.29) is 124 Å². The van der Waals surface area contributed by atoms with E-state index in [1.807, 2.05) is 60.7 Å². The van der Waals surface area contributed by atoms with Crippen LogP contribution in [0.5, 0.6) is 0 Å². The molecule has 0 fully saturated rings. The Morgan fingerprint density at radius 3 is 1.11 bits per heavy atom. The molecule has 0 aliphatic carbocycles. The topological polar surface area (TPSA) is 17.1 Å². The van der Waals surface area contributed by atoms with Crippen LogP contribution in [0.4, 0.5) is 0 Å². The zero-order chi connectivity index (χ0) is 9.80. The van der Waals surface area contributed by atoms with Crippen LogP contribution in [0.25, 0.3) is 0 Å². The SMILES string of the molecule is O=C(c1ccccc1)c1ccccc1.[Na].[Na].[Na].[Na]. The Bertz CT molecular complexity index is 390. The predicted octanol–water partition coefficient (Wildman–Crippen LogP) is 1.39. The molecule has 0 spiro atoms. The van der Waals surface area contributed by atoms with E-state index in [2.05, 4.69) is 0 Å². The molecule has 1 nitrogen and oxygen atoms in total. The van der Waals surface area contributed by atoms with Crippen molar-refractivity contribution in [2.24, 2.45) is 0 Å². The third kappa shape index (κ3) is 7.78. The molecule has 2 aromatic rings. The van der Waals surface area contributed by atoms with Crippen LogP contribution in [0.3, 0.4) is 0 Å². The molecule has 0 bridgehead atoms. The molecule has 5 heteroatoms. The Morgan fingerprint density at radius 2 is 0.833 bits per heavy atom. The fourth-order valence-electron chi connectivity index (χ4n) is 1.35. The number of carbonyl (C=O) groups excluding carboxylic acids is 1. The van der Waals surface area contributed by atoms with Crippen molar-refractivity contribution >= 4 is 124 Å². The first-order chi connectivity index (χ1) is 6.88. The predicted molar refractivity (Wildman–Crippen MR) is 79.3 cm³/mol. The molecule has 0 saturated carbocycles. The molecule has 72 valence electrons. The van der Waals surface area contributed by atoms with Gasteiger partial charge in [0.15, 0.2) is 5.78 Å². The van der Waals surface area contributed by atoms with Gasteiger partial charge in [-0.15, -0.1) is 0 Å². The molecule has 4 radical (unpaired) electrons. The van der Waals surface area contributed by atoms with Crippen LogP contribution < -0.4 is 0 Å². The first kappa shape index (κ1) is 25.1. The van der Waals surface area contributed by atoms with Gasteiger partial charge in [0.05, 0.1) is 0 Å². The molecule has 0 aliphatic heterocycles. The molecule has 0 heterocycles. The Balaban J connectivity index is -0.000000562. The molecule has 0 unspecified atom stereocenters. The van der Waals surface area contributed by atoms with E-state index < -0.39 is 0 Å². The largest absolute Gasteiger partial charge is 0.289 e. The van der Waals surface area contributed by atoms with Gasteiger partial charge in [-0.2, -0.15) is 0 Å². The summed E-state index contributed by atoms with van der Waals surface area (Å²) in [5.74, 6) is 0.0752. The zero-order valence-electron chi connectivity index (χ0n) is 11.7. The number of benzene rings is 2. The van der Waals surface area contributed by atoms with E-state index in [9.17, 15) is 4.79 Å². The van der Waals surface area contributed by atoms with E-state index in [1.54, 1.807) is 0 Å². The number of carbonyl (C=O) groups is 1. The second-order valence-corrected chi connectivity index (χ2v) is 3.06. The van der Waals surface area contributed by atoms with Gasteiger partial charge in [-0.25, -0.2) is 0 Å². The molecule has 2 aromatic carbocycles. The maximum absolute atomic E-state index is 11.8. The first-order valence-electron chi connectivity index (χ1n) is 4.53. The van der Waals surface area contributed by atoms with Crippen molar-refractivity contribution < 1.29 is 4.79 Å². The minimum Gasteiger partial charge on any atom is -0.289 e. The number of hydrogen-bond acceptors (Lipinski definition) is 1. The molecule has 0 saturated heterocycles. The fraction of sp³-hybridized carbons (Fsp3) is 0. The van der Waals surface area contributed by atoms with Crippen molar-refractivity contribution in [3.05, 3.63) is 71.8 Å². The number of rotatable bonds is 2. The summed E-state index contributed by atoms with van der Waals surface area (Å²) in [6.07, 6.45) is 0. The van der Waals surface area contributed by atoms with Gasteiger partial charge in [-0.1, -0.05) is 60.7 Å². The summed E-state index contributed by atoms with van der Waals surface area (Å²) in [7, 11) is 0. The summed E-state index contributed by atoms with van der Waals surface area (Å²) in [5.41, 5.74) is 1.47. The Morgan fingerprint density at radius 1 is 0.556 bits per heavy atom. The molecular weight excluding hydrogens is 264 g/mol. The van der Waals surface area contributed by atoms with Gasteiger partial charge >= 0.3 is 0 Å². The third-order valence-corrected chi connectivity index (χ3v) is 2.07. The van der Waals surface area contributed by atoms with Gasteiger partial charge in [0, 0.05) is 129 Å². The van der Waals surface area contributed by atoms with Crippen LogP contribution >= 0.6 is 0 Å². The zero-order valence-corrected chi connectivity index (χ0v) is 19.7. The molecule has 18 heavy (non-hydrogen) atoms. The minimum absolute atomic E-state index is 0. The normalized spacial score (nSPS) is 7.56. The van der Waals surface area contributed by atoms with Gasteiger partial charge in [0.1, 0.15) is 0 Å². The van der Waals surface area contributed by atoms with Crippen LogP contribution in [-0.2, 0) is 0 Å². The van der Waals surface area contributed by atoms with Crippen molar-refractivity contribution in [2.45, 2.75) is 0 Å². The average Bonchev–Trinajstić information content (AvgIpc) is 2.30. The summed E-state index contributed by atoms with van der Waals surface area (Å²) in [6, 6.07) is 18.6. The van der Waals surface area contributed by atoms with Gasteiger partial charge in [0.2, 0.25) is 0 Å². The van der Waals surface area contributed by atoms with Gasteiger partial charge in [-0.3, -0.25) is 4.79 Å². The standard InChI is InChI=1S/C13H10O.4Na/c14-13(11-7-3-1-4-8-11)12-9-5-2-6-10-12;;;;/h1-10H;;;;. The van der Waals surface area contributed by atoms with Crippen LogP contribution in [-0.4, -0.2) is 124 Å². The van der Waals surface area contributed by atoms with E-state index in [4.69, 9.17) is 0 Å². The quantitative estimate of drug-likeness (QED) is 0.597. The van der Waals surface area contributed by atoms with Crippen LogP contribution in [0.2, 0.25) is 0 Å². The Hall–Kier alpha value is 2.11. The first-order valence-corrected chi connectivity index (χ1v) is 4.53. The monoisotopic (exact) mass is 274 g/mol. The molecule has 0 atom stereocenters. The molecule has 0 aliphatic rings. The average molecular weight is 274 g/mol. The molecule has 0 N–H and O–H groups in total. The van der Waals surface area contributed by atoms with E-state index in [1.165, 1.54) is 0 Å². The van der Waals surface area contributed by atoms with Crippen molar-refractivity contribution in [2.75, 3.05) is 0 Å². The summed E-state index contributed by atoms with van der Waals surface area (Å²) in [5, 5.41) is 0. The van der Waals surface area contributed by atoms with Gasteiger partial charge < -0.3 is 0 Å². The summed E-state index contributed by atoms with van der Waals surface area (Å²) < 4.78 is 0. The van der Waals surface area contributed by atoms with Gasteiger partial charge in [-0.05, 0) is 0 Å². The minimum atomic E-state index is 0. The van der Waals surface area contributed by atoms with Crippen molar-refractivity contribution in [1.29, 1.82) is 0 Å². The van der Waals surface area contributed by atoms with Crippen LogP contribution in [0.15, 0.2) is 60.7 Å². The van der Waals surface area contributed by atoms with E-state index >= 15 is 0 Å². The van der Waals surface area contributed by atoms with Gasteiger partial charge in [0.25, 0.3) is 0 Å². The summed E-state index contributed by atoms with van der Waals surface area (Å²) in [6.45, 7) is 0. The maximum Gasteiger partial charge on any atom is 0.193 e. The fourth-order valence-corrected chi connectivity index (χ4v) is 1.35. The maximum atomic E-state index is 11.8. The second kappa shape index (κ2) is 14.1. The van der Waals surface area contributed by atoms with E-state index in [0.717, 1.165) is 11.1 Å². The molecule has 2 rings (SSSR count).